The molecule has 2 fully saturated rings. The van der Waals surface area contributed by atoms with Crippen LogP contribution in [0.4, 0.5) is 26.3 Å². The van der Waals surface area contributed by atoms with Crippen LogP contribution in [-0.4, -0.2) is 105 Å². The minimum Gasteiger partial charge on any atom is -0.492 e. The Balaban J connectivity index is 0.000000331. The fraction of sp³-hybridized carbons (Fsp3) is 0.500. The number of nitrogens with one attached hydrogen (secondary N) is 1. The molecule has 2 aliphatic rings. The number of aromatic nitrogens is 3. The highest BCUT2D eigenvalue weighted by Crippen LogP contribution is 2.24. The molecule has 1 aromatic carbocycles. The molecular formula is C28H32BrF6N5O5. The van der Waals surface area contributed by atoms with E-state index in [9.17, 15) is 26.3 Å². The van der Waals surface area contributed by atoms with Gasteiger partial charge in [-0.15, -0.1) is 0 Å². The molecule has 17 heteroatoms. The predicted molar refractivity (Wildman–Crippen MR) is 155 cm³/mol. The maximum absolute atomic E-state index is 10.6. The van der Waals surface area contributed by atoms with Gasteiger partial charge in [-0.2, -0.15) is 26.3 Å². The summed E-state index contributed by atoms with van der Waals surface area (Å²) in [5, 5.41) is 14.2. The van der Waals surface area contributed by atoms with E-state index in [2.05, 4.69) is 40.7 Å². The second-order valence-electron chi connectivity index (χ2n) is 10.3. The number of piperidine rings is 2. The number of carbonyl (C=O) groups is 2. The van der Waals surface area contributed by atoms with Crippen LogP contribution in [0.25, 0.3) is 22.6 Å². The van der Waals surface area contributed by atoms with Crippen LogP contribution < -0.4 is 4.74 Å². The SMILES string of the molecule is Brc1cnc2nc(-c3ccc(OCCN4CCC(N5CCCCC5)CC4)cc3)[nH]c2c1.O=C(O)C(F)(F)F.O=C(O)C(F)(F)F. The van der Waals surface area contributed by atoms with Crippen molar-refractivity contribution in [2.75, 3.05) is 39.3 Å². The van der Waals surface area contributed by atoms with E-state index < -0.39 is 24.3 Å². The molecule has 248 valence electrons. The number of ether oxygens (including phenoxy) is 1. The predicted octanol–water partition coefficient (Wildman–Crippen LogP) is 5.98. The summed E-state index contributed by atoms with van der Waals surface area (Å²) in [6.07, 6.45) is -1.61. The van der Waals surface area contributed by atoms with Crippen molar-refractivity contribution in [2.24, 2.45) is 0 Å². The molecule has 0 bridgehead atoms. The standard InChI is InChI=1S/C24H30BrN5O.2C2HF3O2/c25-19-16-22-24(26-17-19)28-23(27-22)18-4-6-21(7-5-18)31-15-14-29-12-8-20(9-13-29)30-10-2-1-3-11-30;2*3-2(4,5)1(6)7/h4-7,16-17,20H,1-3,8-15H2,(H,26,27,28);2*(H,6,7). The van der Waals surface area contributed by atoms with Gasteiger partial charge in [0.2, 0.25) is 0 Å². The Morgan fingerprint density at radius 1 is 0.933 bits per heavy atom. The molecule has 5 rings (SSSR count). The second kappa shape index (κ2) is 16.2. The summed E-state index contributed by atoms with van der Waals surface area (Å²) in [5.74, 6) is -3.78. The van der Waals surface area contributed by atoms with E-state index in [4.69, 9.17) is 24.5 Å². The summed E-state index contributed by atoms with van der Waals surface area (Å²) < 4.78 is 70.4. The van der Waals surface area contributed by atoms with Gasteiger partial charge >= 0.3 is 24.3 Å². The molecule has 0 radical (unpaired) electrons. The molecule has 2 aromatic heterocycles. The third-order valence-corrected chi connectivity index (χ3v) is 7.49. The summed E-state index contributed by atoms with van der Waals surface area (Å²) in [6.45, 7) is 6.74. The molecule has 2 aliphatic heterocycles. The van der Waals surface area contributed by atoms with Crippen molar-refractivity contribution in [3.8, 4) is 17.1 Å². The van der Waals surface area contributed by atoms with E-state index in [1.54, 1.807) is 6.20 Å². The van der Waals surface area contributed by atoms with Crippen LogP contribution in [0.15, 0.2) is 41.0 Å². The van der Waals surface area contributed by atoms with Crippen LogP contribution in [0, 0.1) is 0 Å². The Bertz CT molecular complexity index is 1370. The zero-order valence-electron chi connectivity index (χ0n) is 23.9. The van der Waals surface area contributed by atoms with Crippen molar-refractivity contribution in [2.45, 2.75) is 50.5 Å². The lowest BCUT2D eigenvalue weighted by atomic mass is 10.00. The molecule has 0 aliphatic carbocycles. The van der Waals surface area contributed by atoms with Crippen molar-refractivity contribution in [3.63, 3.8) is 0 Å². The molecule has 0 spiro atoms. The number of pyridine rings is 1. The number of H-pyrrole nitrogens is 1. The number of halogens is 7. The van der Waals surface area contributed by atoms with E-state index in [0.717, 1.165) is 52.0 Å². The topological polar surface area (TPSA) is 132 Å². The van der Waals surface area contributed by atoms with Gasteiger partial charge in [0.05, 0.1) is 5.52 Å². The van der Waals surface area contributed by atoms with Gasteiger partial charge in [0.1, 0.15) is 18.2 Å². The Hall–Kier alpha value is -3.44. The van der Waals surface area contributed by atoms with Gasteiger partial charge in [-0.3, -0.25) is 4.90 Å². The molecule has 45 heavy (non-hydrogen) atoms. The number of likely N-dealkylation sites (tertiary alicyclic amines) is 2. The molecule has 2 saturated heterocycles. The number of rotatable bonds is 6. The highest BCUT2D eigenvalue weighted by atomic mass is 79.9. The molecule has 0 saturated carbocycles. The first-order valence-corrected chi connectivity index (χ1v) is 14.7. The number of aliphatic carboxylic acids is 2. The van der Waals surface area contributed by atoms with Gasteiger partial charge in [0.15, 0.2) is 5.65 Å². The molecule has 0 amide bonds. The Morgan fingerprint density at radius 3 is 2.02 bits per heavy atom. The second-order valence-corrected chi connectivity index (χ2v) is 11.2. The minimum atomic E-state index is -5.08. The largest absolute Gasteiger partial charge is 0.492 e. The average molecular weight is 712 g/mol. The van der Waals surface area contributed by atoms with E-state index in [1.165, 1.54) is 58.3 Å². The zero-order valence-corrected chi connectivity index (χ0v) is 25.5. The molecule has 0 unspecified atom stereocenters. The van der Waals surface area contributed by atoms with E-state index in [1.807, 2.05) is 30.3 Å². The summed E-state index contributed by atoms with van der Waals surface area (Å²) >= 11 is 3.45. The number of fused-ring (bicyclic) bond motifs is 1. The first-order valence-electron chi connectivity index (χ1n) is 13.9. The number of carboxylic acid groups (broad SMARTS) is 2. The van der Waals surface area contributed by atoms with Crippen LogP contribution in [0.1, 0.15) is 32.1 Å². The number of benzene rings is 1. The van der Waals surface area contributed by atoms with Crippen molar-refractivity contribution < 1.29 is 50.9 Å². The lowest BCUT2D eigenvalue weighted by Crippen LogP contribution is -2.47. The minimum absolute atomic E-state index is 0.725. The maximum Gasteiger partial charge on any atom is 0.490 e. The van der Waals surface area contributed by atoms with Crippen LogP contribution in [0.5, 0.6) is 5.75 Å². The zero-order chi connectivity index (χ0) is 33.2. The smallest absolute Gasteiger partial charge is 0.490 e. The van der Waals surface area contributed by atoms with Crippen LogP contribution >= 0.6 is 15.9 Å². The van der Waals surface area contributed by atoms with E-state index in [0.29, 0.717) is 0 Å². The Morgan fingerprint density at radius 2 is 1.49 bits per heavy atom. The van der Waals surface area contributed by atoms with Crippen LogP contribution in [0.2, 0.25) is 0 Å². The van der Waals surface area contributed by atoms with Crippen molar-refractivity contribution >= 4 is 39.0 Å². The molecule has 0 atom stereocenters. The quantitative estimate of drug-likeness (QED) is 0.264. The summed E-state index contributed by atoms with van der Waals surface area (Å²) in [7, 11) is 0. The third kappa shape index (κ3) is 11.8. The number of hydrogen-bond acceptors (Lipinski definition) is 7. The van der Waals surface area contributed by atoms with Crippen molar-refractivity contribution in [3.05, 3.63) is 41.0 Å². The van der Waals surface area contributed by atoms with Gasteiger partial charge in [0.25, 0.3) is 0 Å². The number of alkyl halides is 6. The van der Waals surface area contributed by atoms with Gasteiger partial charge < -0.3 is 24.8 Å². The summed E-state index contributed by atoms with van der Waals surface area (Å²) in [6, 6.07) is 10.9. The van der Waals surface area contributed by atoms with Crippen molar-refractivity contribution in [1.82, 2.24) is 24.8 Å². The number of hydrogen-bond donors (Lipinski definition) is 3. The number of carboxylic acids is 2. The summed E-state index contributed by atoms with van der Waals surface area (Å²) in [5.41, 5.74) is 2.68. The third-order valence-electron chi connectivity index (χ3n) is 7.06. The summed E-state index contributed by atoms with van der Waals surface area (Å²) in [4.78, 5) is 35.3. The normalized spacial score (nSPS) is 16.7. The van der Waals surface area contributed by atoms with Crippen LogP contribution in [0.3, 0.4) is 0 Å². The van der Waals surface area contributed by atoms with Crippen molar-refractivity contribution in [1.29, 1.82) is 0 Å². The fourth-order valence-electron chi connectivity index (χ4n) is 4.80. The molecule has 10 nitrogen and oxygen atoms in total. The van der Waals surface area contributed by atoms with E-state index in [-0.39, 0.29) is 0 Å². The number of imidazole rings is 1. The first-order chi connectivity index (χ1) is 21.1. The van der Waals surface area contributed by atoms with Gasteiger partial charge in [-0.05, 0) is 98.1 Å². The van der Waals surface area contributed by atoms with Gasteiger partial charge in [-0.1, -0.05) is 6.42 Å². The number of nitrogens with zero attached hydrogens (tertiary/aromatic N) is 4. The first kappa shape index (κ1) is 36.0. The fourth-order valence-corrected chi connectivity index (χ4v) is 5.14. The molecule has 3 aromatic rings. The Kier molecular flexibility index (Phi) is 13.0. The van der Waals surface area contributed by atoms with Crippen LogP contribution in [-0.2, 0) is 9.59 Å². The highest BCUT2D eigenvalue weighted by molar-refractivity contribution is 9.10. The molecule has 3 N–H and O–H groups in total. The maximum atomic E-state index is 10.6. The highest BCUT2D eigenvalue weighted by Gasteiger charge is 2.38. The van der Waals surface area contributed by atoms with Gasteiger partial charge in [0, 0.05) is 28.8 Å². The molecular weight excluding hydrogens is 680 g/mol. The lowest BCUT2D eigenvalue weighted by Gasteiger charge is -2.40. The van der Waals surface area contributed by atoms with Gasteiger partial charge in [-0.25, -0.2) is 19.6 Å². The number of aromatic amines is 1. The van der Waals surface area contributed by atoms with E-state index >= 15 is 0 Å². The monoisotopic (exact) mass is 711 g/mol. The Labute approximate surface area is 262 Å². The lowest BCUT2D eigenvalue weighted by molar-refractivity contribution is -0.193. The average Bonchev–Trinajstić information content (AvgIpc) is 3.41. The molecule has 4 heterocycles.